The zero-order valence-corrected chi connectivity index (χ0v) is 17.6. The number of carbonyl (C=O) groups is 1. The second-order valence-corrected chi connectivity index (χ2v) is 6.02. The second-order valence-electron chi connectivity index (χ2n) is 6.02. The Hall–Kier alpha value is 0.350. The number of quaternary nitrogens is 1. The molecular formula is C16H31ClN2NaO3. The molecule has 0 aromatic carbocycles. The SMILES string of the molecule is CCCCCCCCCC1=NCC[N+]1(CCO)CC(=O)[O-].Cl.[Na]. The van der Waals surface area contributed by atoms with Gasteiger partial charge in [0, 0.05) is 36.0 Å². The molecule has 0 saturated carbocycles. The van der Waals surface area contributed by atoms with Gasteiger partial charge in [-0.2, -0.15) is 0 Å². The van der Waals surface area contributed by atoms with Gasteiger partial charge in [-0.3, -0.25) is 4.48 Å². The Morgan fingerprint density at radius 1 is 1.22 bits per heavy atom. The summed E-state index contributed by atoms with van der Waals surface area (Å²) in [7, 11) is 0. The Balaban J connectivity index is 0. The first-order chi connectivity index (χ1) is 10.1. The van der Waals surface area contributed by atoms with E-state index in [2.05, 4.69) is 11.9 Å². The average molecular weight is 358 g/mol. The fourth-order valence-corrected chi connectivity index (χ4v) is 3.13. The van der Waals surface area contributed by atoms with E-state index in [1.165, 1.54) is 38.5 Å². The molecule has 7 heteroatoms. The number of carbonyl (C=O) groups excluding carboxylic acids is 1. The molecule has 1 heterocycles. The van der Waals surface area contributed by atoms with Crippen LogP contribution < -0.4 is 5.11 Å². The molecule has 1 aliphatic rings. The van der Waals surface area contributed by atoms with Crippen LogP contribution in [0.1, 0.15) is 58.3 Å². The molecule has 0 amide bonds. The number of carboxylic acids is 1. The van der Waals surface area contributed by atoms with Crippen molar-refractivity contribution in [1.82, 2.24) is 0 Å². The van der Waals surface area contributed by atoms with Gasteiger partial charge in [0.05, 0.1) is 19.1 Å². The van der Waals surface area contributed by atoms with Crippen LogP contribution in [-0.2, 0) is 4.79 Å². The summed E-state index contributed by atoms with van der Waals surface area (Å²) in [5.41, 5.74) is 0. The minimum Gasteiger partial charge on any atom is -0.544 e. The van der Waals surface area contributed by atoms with Crippen molar-refractivity contribution < 1.29 is 19.5 Å². The maximum absolute atomic E-state index is 11.0. The summed E-state index contributed by atoms with van der Waals surface area (Å²) < 4.78 is 0.300. The first-order valence-corrected chi connectivity index (χ1v) is 8.35. The fourth-order valence-electron chi connectivity index (χ4n) is 3.13. The number of nitrogens with zero attached hydrogens (tertiary/aromatic N) is 2. The van der Waals surface area contributed by atoms with Crippen molar-refractivity contribution in [3.05, 3.63) is 0 Å². The van der Waals surface area contributed by atoms with E-state index >= 15 is 0 Å². The van der Waals surface area contributed by atoms with Gasteiger partial charge in [0.2, 0.25) is 0 Å². The number of aliphatic hydroxyl groups is 1. The predicted molar refractivity (Wildman–Crippen MR) is 94.9 cm³/mol. The molecule has 1 N–H and O–H groups in total. The Labute approximate surface area is 168 Å². The minimum absolute atomic E-state index is 0. The molecule has 0 spiro atoms. The molecule has 0 aromatic rings. The number of carboxylic acid groups (broad SMARTS) is 1. The third-order valence-electron chi connectivity index (χ3n) is 4.33. The molecule has 23 heavy (non-hydrogen) atoms. The van der Waals surface area contributed by atoms with Gasteiger partial charge < -0.3 is 15.0 Å². The molecule has 0 aromatic heterocycles. The molecule has 1 unspecified atom stereocenters. The first-order valence-electron chi connectivity index (χ1n) is 8.35. The maximum atomic E-state index is 11.0. The number of halogens is 1. The number of aliphatic carboxylic acids is 1. The molecule has 0 saturated heterocycles. The third kappa shape index (κ3) is 9.42. The number of aliphatic imine (C=N–C) groups is 1. The summed E-state index contributed by atoms with van der Waals surface area (Å²) in [5, 5.41) is 20.2. The molecule has 1 atom stereocenters. The van der Waals surface area contributed by atoms with Crippen LogP contribution in [0, 0.1) is 0 Å². The van der Waals surface area contributed by atoms with Gasteiger partial charge in [0.15, 0.2) is 5.84 Å². The van der Waals surface area contributed by atoms with E-state index in [1.54, 1.807) is 0 Å². The molecular weight excluding hydrogens is 327 g/mol. The van der Waals surface area contributed by atoms with Crippen LogP contribution in [0.4, 0.5) is 0 Å². The van der Waals surface area contributed by atoms with Gasteiger partial charge in [-0.1, -0.05) is 45.4 Å². The van der Waals surface area contributed by atoms with Gasteiger partial charge in [0.1, 0.15) is 19.6 Å². The van der Waals surface area contributed by atoms with Crippen molar-refractivity contribution in [2.75, 3.05) is 32.8 Å². The van der Waals surface area contributed by atoms with Crippen molar-refractivity contribution in [2.45, 2.75) is 58.3 Å². The van der Waals surface area contributed by atoms with Crippen LogP contribution in [0.5, 0.6) is 0 Å². The van der Waals surface area contributed by atoms with Crippen molar-refractivity contribution in [3.8, 4) is 0 Å². The van der Waals surface area contributed by atoms with E-state index in [-0.39, 0.29) is 55.1 Å². The van der Waals surface area contributed by atoms with Crippen molar-refractivity contribution in [3.63, 3.8) is 0 Å². The summed E-state index contributed by atoms with van der Waals surface area (Å²) in [5.74, 6) is -0.112. The van der Waals surface area contributed by atoms with Gasteiger partial charge >= 0.3 is 0 Å². The molecule has 1 radical (unpaired) electrons. The topological polar surface area (TPSA) is 72.7 Å². The summed E-state index contributed by atoms with van der Waals surface area (Å²) in [4.78, 5) is 15.5. The van der Waals surface area contributed by atoms with Gasteiger partial charge in [-0.25, -0.2) is 4.99 Å². The largest absolute Gasteiger partial charge is 0.544 e. The molecule has 5 nitrogen and oxygen atoms in total. The molecule has 0 fully saturated rings. The Kier molecular flexibility index (Phi) is 16.3. The Bertz CT molecular complexity index is 356. The first kappa shape index (κ1) is 25.6. The van der Waals surface area contributed by atoms with Crippen molar-refractivity contribution in [2.24, 2.45) is 4.99 Å². The van der Waals surface area contributed by atoms with Gasteiger partial charge in [-0.15, -0.1) is 12.4 Å². The Morgan fingerprint density at radius 2 is 1.83 bits per heavy atom. The maximum Gasteiger partial charge on any atom is 0.198 e. The second kappa shape index (κ2) is 14.7. The van der Waals surface area contributed by atoms with Gasteiger partial charge in [0.25, 0.3) is 0 Å². The summed E-state index contributed by atoms with van der Waals surface area (Å²) >= 11 is 0. The average Bonchev–Trinajstić information content (AvgIpc) is 2.80. The van der Waals surface area contributed by atoms with Crippen LogP contribution in [0.25, 0.3) is 0 Å². The molecule has 131 valence electrons. The zero-order chi connectivity index (χ0) is 15.6. The molecule has 1 rings (SSSR count). The number of aliphatic hydroxyl groups excluding tert-OH is 1. The standard InChI is InChI=1S/C16H30N2O3.ClH.Na/c1-2-3-4-5-6-7-8-9-15-17-10-11-18(15,12-13-19)14-16(20)21;;/h19H,2-14H2,1H3;1H;. The quantitative estimate of drug-likeness (QED) is 0.323. The number of amidine groups is 1. The zero-order valence-electron chi connectivity index (χ0n) is 14.8. The number of unbranched alkanes of at least 4 members (excludes halogenated alkanes) is 6. The van der Waals surface area contributed by atoms with E-state index in [1.807, 2.05) is 0 Å². The van der Waals surface area contributed by atoms with Crippen LogP contribution in [-0.4, -0.2) is 83.7 Å². The van der Waals surface area contributed by atoms with Crippen molar-refractivity contribution >= 4 is 53.8 Å². The minimum atomic E-state index is -1.06. The normalized spacial score (nSPS) is 19.7. The fraction of sp³-hybridized carbons (Fsp3) is 0.875. The third-order valence-corrected chi connectivity index (χ3v) is 4.33. The monoisotopic (exact) mass is 357 g/mol. The number of hydrogen-bond acceptors (Lipinski definition) is 4. The summed E-state index contributed by atoms with van der Waals surface area (Å²) in [6, 6.07) is 0. The van der Waals surface area contributed by atoms with E-state index in [0.29, 0.717) is 24.1 Å². The van der Waals surface area contributed by atoms with Crippen LogP contribution in [0.2, 0.25) is 0 Å². The molecule has 1 aliphatic heterocycles. The van der Waals surface area contributed by atoms with E-state index in [0.717, 1.165) is 18.7 Å². The van der Waals surface area contributed by atoms with Crippen LogP contribution >= 0.6 is 12.4 Å². The van der Waals surface area contributed by atoms with E-state index < -0.39 is 5.97 Å². The van der Waals surface area contributed by atoms with Crippen molar-refractivity contribution in [1.29, 1.82) is 0 Å². The summed E-state index contributed by atoms with van der Waals surface area (Å²) in [6.07, 6.45) is 9.50. The van der Waals surface area contributed by atoms with Crippen LogP contribution in [0.15, 0.2) is 4.99 Å². The predicted octanol–water partition coefficient (Wildman–Crippen LogP) is 1.14. The van der Waals surface area contributed by atoms with Crippen LogP contribution in [0.3, 0.4) is 0 Å². The van der Waals surface area contributed by atoms with E-state index in [4.69, 9.17) is 0 Å². The molecule has 0 bridgehead atoms. The molecule has 0 aliphatic carbocycles. The smallest absolute Gasteiger partial charge is 0.198 e. The summed E-state index contributed by atoms with van der Waals surface area (Å²) in [6.45, 7) is 3.93. The van der Waals surface area contributed by atoms with E-state index in [9.17, 15) is 15.0 Å². The van der Waals surface area contributed by atoms with Gasteiger partial charge in [-0.05, 0) is 6.42 Å². The number of rotatable bonds is 12. The Morgan fingerprint density at radius 3 is 2.39 bits per heavy atom. The number of hydrogen-bond donors (Lipinski definition) is 1.